The van der Waals surface area contributed by atoms with Crippen molar-refractivity contribution in [2.24, 2.45) is 0 Å². The molecule has 0 heterocycles. The molecule has 0 bridgehead atoms. The first-order chi connectivity index (χ1) is 2.00. The van der Waals surface area contributed by atoms with Crippen LogP contribution < -0.4 is 0 Å². The Hall–Kier alpha value is 0.943. The van der Waals surface area contributed by atoms with Gasteiger partial charge in [-0.3, -0.25) is 0 Å². The fourth-order valence-corrected chi connectivity index (χ4v) is 0. The predicted octanol–water partition coefficient (Wildman–Crippen LogP) is 0.0456. The second kappa shape index (κ2) is 38.4. The van der Waals surface area contributed by atoms with E-state index in [0.29, 0.717) is 0 Å². The predicted molar refractivity (Wildman–Crippen MR) is 23.4 cm³/mol. The van der Waals surface area contributed by atoms with Crippen LogP contribution in [0.4, 0.5) is 0 Å². The molecule has 0 N–H and O–H groups in total. The minimum atomic E-state index is 1.31. The summed E-state index contributed by atoms with van der Waals surface area (Å²) in [6.07, 6.45) is 0. The molecule has 0 atom stereocenters. The van der Waals surface area contributed by atoms with Gasteiger partial charge >= 0.3 is 24.7 Å². The normalized spacial score (nSPS) is 3.50. The van der Waals surface area contributed by atoms with Gasteiger partial charge in [0.1, 0.15) is 0 Å². The molecular weight excluding hydrogens is 131 g/mol. The van der Waals surface area contributed by atoms with E-state index >= 15 is 0 Å². The summed E-state index contributed by atoms with van der Waals surface area (Å²) in [6.45, 7) is 2.14. The van der Waals surface area contributed by atoms with E-state index in [0.717, 1.165) is 0 Å². The molecule has 0 aliphatic heterocycles. The fourth-order valence-electron chi connectivity index (χ4n) is 0. The van der Waals surface area contributed by atoms with Gasteiger partial charge in [0.2, 0.25) is 0 Å². The first-order valence-corrected chi connectivity index (χ1v) is 4.68. The second-order valence-electron chi connectivity index (χ2n) is 0. The Morgan fingerprint density at radius 2 is 1.50 bits per heavy atom. The molecule has 3 heteroatoms. The fraction of sp³-hybridized carbons (Fsp3) is 1.00. The van der Waals surface area contributed by atoms with Crippen LogP contribution in [0.3, 0.4) is 0 Å². The number of hydrogen-bond donors (Lipinski definition) is 0. The summed E-state index contributed by atoms with van der Waals surface area (Å²) in [5, 5.41) is 0. The van der Waals surface area contributed by atoms with Crippen molar-refractivity contribution in [2.45, 2.75) is 6.55 Å². The summed E-state index contributed by atoms with van der Waals surface area (Å²) >= 11 is 3.15. The van der Waals surface area contributed by atoms with Crippen LogP contribution in [0.5, 0.6) is 0 Å². The molecule has 0 aromatic rings. The van der Waals surface area contributed by atoms with E-state index in [-0.39, 0.29) is 0 Å². The molecule has 0 saturated carbocycles. The standard InChI is InChI=1S/CH6Si.Co.S/c1-2;;/h1-2H3;;. The zero-order valence-electron chi connectivity index (χ0n) is 2.74. The SMILES string of the molecule is C[SiH3].[S]=[Co]. The van der Waals surface area contributed by atoms with E-state index < -0.39 is 0 Å². The quantitative estimate of drug-likeness (QED) is 0.425. The molecule has 0 aromatic heterocycles. The van der Waals surface area contributed by atoms with Crippen molar-refractivity contribution in [2.75, 3.05) is 0 Å². The average Bonchev–Trinajstić information content (AvgIpc) is 1.50. The van der Waals surface area contributed by atoms with Gasteiger partial charge in [-0.1, -0.05) is 6.55 Å². The van der Waals surface area contributed by atoms with Crippen LogP contribution in [-0.2, 0) is 14.1 Å². The third-order valence-corrected chi connectivity index (χ3v) is 0. The van der Waals surface area contributed by atoms with Crippen LogP contribution >= 0.6 is 10.6 Å². The summed E-state index contributed by atoms with van der Waals surface area (Å²) in [5.74, 6) is 0. The summed E-state index contributed by atoms with van der Waals surface area (Å²) in [5.41, 5.74) is 0. The van der Waals surface area contributed by atoms with E-state index in [1.165, 1.54) is 10.2 Å². The Bertz CT molecular complexity index is 8.00. The first kappa shape index (κ1) is 8.87. The third-order valence-electron chi connectivity index (χ3n) is 0. The molecule has 4 heavy (non-hydrogen) atoms. The van der Waals surface area contributed by atoms with Gasteiger partial charge in [-0.15, -0.1) is 0 Å². The molecule has 0 aromatic carbocycles. The van der Waals surface area contributed by atoms with Crippen LogP contribution in [-0.4, -0.2) is 10.2 Å². The molecule has 0 amide bonds. The van der Waals surface area contributed by atoms with Gasteiger partial charge in [-0.25, -0.2) is 0 Å². The topological polar surface area (TPSA) is 0 Å². The molecule has 0 spiro atoms. The van der Waals surface area contributed by atoms with Crippen molar-refractivity contribution in [1.82, 2.24) is 0 Å². The second-order valence-corrected chi connectivity index (χ2v) is 0. The Morgan fingerprint density at radius 3 is 1.50 bits per heavy atom. The average molecular weight is 137 g/mol. The van der Waals surface area contributed by atoms with Crippen LogP contribution in [0.15, 0.2) is 0 Å². The zero-order valence-corrected chi connectivity index (χ0v) is 6.60. The van der Waals surface area contributed by atoms with Crippen molar-refractivity contribution in [3.8, 4) is 0 Å². The van der Waals surface area contributed by atoms with Gasteiger partial charge in [0.05, 0.1) is 0 Å². The summed E-state index contributed by atoms with van der Waals surface area (Å²) in [6, 6.07) is 0. The van der Waals surface area contributed by atoms with Gasteiger partial charge in [-0.2, -0.15) is 0 Å². The maximum atomic E-state index is 3.77. The summed E-state index contributed by atoms with van der Waals surface area (Å²) in [4.78, 5) is 0. The molecule has 0 unspecified atom stereocenters. The molecule has 0 fully saturated rings. The maximum absolute atomic E-state index is 3.77. The molecule has 0 aliphatic rings. The van der Waals surface area contributed by atoms with Crippen LogP contribution in [0.25, 0.3) is 0 Å². The van der Waals surface area contributed by atoms with Gasteiger partial charge in [0.15, 0.2) is 0 Å². The third kappa shape index (κ3) is 12.5. The monoisotopic (exact) mass is 137 g/mol. The summed E-state index contributed by atoms with van der Waals surface area (Å²) in [7, 11) is 5.08. The van der Waals surface area contributed by atoms with E-state index in [2.05, 4.69) is 31.3 Å². The first-order valence-electron chi connectivity index (χ1n) is 1.14. The Kier molecular flexibility index (Phi) is 85.2. The summed E-state index contributed by atoms with van der Waals surface area (Å²) < 4.78 is 0. The minimum absolute atomic E-state index is 1.31. The van der Waals surface area contributed by atoms with Crippen LogP contribution in [0.2, 0.25) is 6.55 Å². The molecule has 0 rings (SSSR count). The van der Waals surface area contributed by atoms with Gasteiger partial charge in [0, 0.05) is 0 Å². The molecule has 0 saturated heterocycles. The van der Waals surface area contributed by atoms with E-state index in [4.69, 9.17) is 0 Å². The zero-order chi connectivity index (χ0) is 4.00. The van der Waals surface area contributed by atoms with E-state index in [1.807, 2.05) is 0 Å². The van der Waals surface area contributed by atoms with Crippen LogP contribution in [0.1, 0.15) is 0 Å². The van der Waals surface area contributed by atoms with Gasteiger partial charge in [-0.05, 0) is 10.2 Å². The molecule has 29 valence electrons. The van der Waals surface area contributed by atoms with Gasteiger partial charge < -0.3 is 0 Å². The van der Waals surface area contributed by atoms with Crippen molar-refractivity contribution in [3.63, 3.8) is 0 Å². The van der Waals surface area contributed by atoms with Crippen molar-refractivity contribution in [1.29, 1.82) is 0 Å². The Morgan fingerprint density at radius 1 is 1.50 bits per heavy atom. The Labute approximate surface area is 41.9 Å². The van der Waals surface area contributed by atoms with Crippen molar-refractivity contribution >= 4 is 20.8 Å². The van der Waals surface area contributed by atoms with E-state index in [1.54, 1.807) is 0 Å². The van der Waals surface area contributed by atoms with Gasteiger partial charge in [0.25, 0.3) is 0 Å². The Balaban J connectivity index is 0. The molecule has 0 nitrogen and oxygen atoms in total. The molecular formula is CH6CoSSi. The molecule has 0 aliphatic carbocycles. The van der Waals surface area contributed by atoms with Crippen molar-refractivity contribution < 1.29 is 14.1 Å². The van der Waals surface area contributed by atoms with E-state index in [9.17, 15) is 0 Å². The van der Waals surface area contributed by atoms with Crippen LogP contribution in [0, 0.1) is 0 Å². The number of hydrogen-bond acceptors (Lipinski definition) is 1. The van der Waals surface area contributed by atoms with Crippen molar-refractivity contribution in [3.05, 3.63) is 0 Å². The number of rotatable bonds is 0. The molecule has 0 radical (unpaired) electrons.